The Hall–Kier alpha value is -3.35. The van der Waals surface area contributed by atoms with E-state index >= 15 is 0 Å². The molecule has 1 saturated heterocycles. The van der Waals surface area contributed by atoms with Crippen LogP contribution in [0.2, 0.25) is 0 Å². The Morgan fingerprint density at radius 1 is 0.964 bits per heavy atom. The number of carbonyl (C=O) groups is 1. The van der Waals surface area contributed by atoms with Crippen LogP contribution in [0, 0.1) is 10.1 Å². The minimum Gasteiger partial charge on any atom is -0.368 e. The lowest BCUT2D eigenvalue weighted by Gasteiger charge is -2.36. The highest BCUT2D eigenvalue weighted by atomic mass is 16.6. The number of piperazine rings is 1. The fourth-order valence-corrected chi connectivity index (χ4v) is 3.71. The van der Waals surface area contributed by atoms with Gasteiger partial charge in [-0.05, 0) is 29.7 Å². The second-order valence-electron chi connectivity index (χ2n) is 6.96. The summed E-state index contributed by atoms with van der Waals surface area (Å²) in [4.78, 5) is 27.1. The minimum atomic E-state index is -0.395. The van der Waals surface area contributed by atoms with Gasteiger partial charge in [-0.15, -0.1) is 0 Å². The molecule has 0 aliphatic carbocycles. The van der Waals surface area contributed by atoms with Crippen LogP contribution in [0.4, 0.5) is 11.4 Å². The fourth-order valence-electron chi connectivity index (χ4n) is 3.71. The molecule has 0 radical (unpaired) electrons. The van der Waals surface area contributed by atoms with E-state index in [0.717, 1.165) is 24.3 Å². The summed E-state index contributed by atoms with van der Waals surface area (Å²) in [6.07, 6.45) is 2.51. The van der Waals surface area contributed by atoms with Crippen LogP contribution in [-0.2, 0) is 11.3 Å². The summed E-state index contributed by atoms with van der Waals surface area (Å²) >= 11 is 0. The van der Waals surface area contributed by atoms with Crippen molar-refractivity contribution in [1.82, 2.24) is 9.47 Å². The van der Waals surface area contributed by atoms with Crippen LogP contribution >= 0.6 is 0 Å². The molecule has 0 saturated carbocycles. The molecular formula is C21H22N4O3. The molecule has 0 N–H and O–H groups in total. The number of nitro groups is 1. The van der Waals surface area contributed by atoms with Crippen LogP contribution in [0.5, 0.6) is 0 Å². The third-order valence-electron chi connectivity index (χ3n) is 5.30. The van der Waals surface area contributed by atoms with E-state index < -0.39 is 4.92 Å². The summed E-state index contributed by atoms with van der Waals surface area (Å²) in [7, 11) is 0. The first-order valence-corrected chi connectivity index (χ1v) is 9.43. The monoisotopic (exact) mass is 378 g/mol. The molecule has 4 rings (SSSR count). The zero-order chi connectivity index (χ0) is 19.5. The molecule has 144 valence electrons. The lowest BCUT2D eigenvalue weighted by atomic mass is 10.2. The van der Waals surface area contributed by atoms with Crippen molar-refractivity contribution < 1.29 is 9.72 Å². The average Bonchev–Trinajstić information content (AvgIpc) is 3.15. The molecule has 2 aromatic carbocycles. The Labute approximate surface area is 162 Å². The van der Waals surface area contributed by atoms with Gasteiger partial charge in [-0.1, -0.05) is 18.2 Å². The largest absolute Gasteiger partial charge is 0.368 e. The summed E-state index contributed by atoms with van der Waals surface area (Å²) in [6.45, 7) is 3.48. The van der Waals surface area contributed by atoms with E-state index in [1.807, 2.05) is 23.2 Å². The predicted octanol–water partition coefficient (Wildman–Crippen LogP) is 3.29. The summed E-state index contributed by atoms with van der Waals surface area (Å²) in [5, 5.41) is 12.0. The number of aromatic nitrogens is 1. The maximum Gasteiger partial charge on any atom is 0.269 e. The van der Waals surface area contributed by atoms with E-state index in [2.05, 4.69) is 27.7 Å². The summed E-state index contributed by atoms with van der Waals surface area (Å²) < 4.78 is 2.13. The number of rotatable bonds is 5. The fraction of sp³-hybridized carbons (Fsp3) is 0.286. The van der Waals surface area contributed by atoms with Crippen molar-refractivity contribution in [3.05, 3.63) is 70.9 Å². The number of carbonyl (C=O) groups excluding carboxylic acids is 1. The van der Waals surface area contributed by atoms with Gasteiger partial charge in [-0.2, -0.15) is 0 Å². The number of amides is 1. The van der Waals surface area contributed by atoms with Crippen LogP contribution in [0.15, 0.2) is 60.8 Å². The van der Waals surface area contributed by atoms with Gasteiger partial charge in [-0.25, -0.2) is 0 Å². The number of aryl methyl sites for hydroxylation is 1. The minimum absolute atomic E-state index is 0.0927. The summed E-state index contributed by atoms with van der Waals surface area (Å²) in [6, 6.07) is 16.8. The van der Waals surface area contributed by atoms with E-state index in [9.17, 15) is 14.9 Å². The van der Waals surface area contributed by atoms with Crippen molar-refractivity contribution in [1.29, 1.82) is 0 Å². The second kappa shape index (κ2) is 7.72. The van der Waals surface area contributed by atoms with E-state index in [1.54, 1.807) is 12.1 Å². The highest BCUT2D eigenvalue weighted by Gasteiger charge is 2.21. The number of nitro benzene ring substituents is 1. The molecule has 3 aromatic rings. The van der Waals surface area contributed by atoms with Crippen LogP contribution in [0.3, 0.4) is 0 Å². The number of benzene rings is 2. The molecule has 0 unspecified atom stereocenters. The Bertz CT molecular complexity index is 988. The number of nitrogens with zero attached hydrogens (tertiary/aromatic N) is 4. The summed E-state index contributed by atoms with van der Waals surface area (Å²) in [5.74, 6) is 0.168. The number of non-ortho nitro benzene ring substituents is 1. The van der Waals surface area contributed by atoms with Gasteiger partial charge in [0.15, 0.2) is 0 Å². The Balaban J connectivity index is 1.30. The molecule has 0 atom stereocenters. The third-order valence-corrected chi connectivity index (χ3v) is 5.30. The van der Waals surface area contributed by atoms with Crippen LogP contribution in [0.25, 0.3) is 10.9 Å². The first-order chi connectivity index (χ1) is 13.6. The van der Waals surface area contributed by atoms with Crippen molar-refractivity contribution >= 4 is 28.2 Å². The lowest BCUT2D eigenvalue weighted by molar-refractivity contribution is -0.384. The van der Waals surface area contributed by atoms with E-state index in [-0.39, 0.29) is 11.6 Å². The number of hydrogen-bond donors (Lipinski definition) is 0. The van der Waals surface area contributed by atoms with Gasteiger partial charge in [-0.3, -0.25) is 14.9 Å². The molecule has 1 aliphatic heterocycles. The predicted molar refractivity (Wildman–Crippen MR) is 108 cm³/mol. The number of para-hydroxylation sites is 1. The Kier molecular flexibility index (Phi) is 4.97. The third kappa shape index (κ3) is 3.69. The van der Waals surface area contributed by atoms with Gasteiger partial charge in [0.1, 0.15) is 0 Å². The maximum absolute atomic E-state index is 12.6. The van der Waals surface area contributed by atoms with E-state index in [0.29, 0.717) is 26.1 Å². The second-order valence-corrected chi connectivity index (χ2v) is 6.96. The molecule has 7 nitrogen and oxygen atoms in total. The van der Waals surface area contributed by atoms with Gasteiger partial charge in [0.05, 0.1) is 4.92 Å². The van der Waals surface area contributed by atoms with Crippen molar-refractivity contribution in [2.24, 2.45) is 0 Å². The molecule has 1 aliphatic rings. The first kappa shape index (κ1) is 18.0. The topological polar surface area (TPSA) is 71.6 Å². The van der Waals surface area contributed by atoms with Crippen LogP contribution in [-0.4, -0.2) is 46.5 Å². The molecule has 1 fully saturated rings. The lowest BCUT2D eigenvalue weighted by Crippen LogP contribution is -2.48. The quantitative estimate of drug-likeness (QED) is 0.505. The highest BCUT2D eigenvalue weighted by molar-refractivity contribution is 5.80. The molecule has 2 heterocycles. The molecule has 1 aromatic heterocycles. The smallest absolute Gasteiger partial charge is 0.269 e. The SMILES string of the molecule is O=C(CCn1ccc2ccccc21)N1CCN(c2ccc([N+](=O)[O-])cc2)CC1. The van der Waals surface area contributed by atoms with Crippen molar-refractivity contribution in [3.8, 4) is 0 Å². The first-order valence-electron chi connectivity index (χ1n) is 9.43. The summed E-state index contributed by atoms with van der Waals surface area (Å²) in [5.41, 5.74) is 2.20. The zero-order valence-electron chi connectivity index (χ0n) is 15.5. The molecule has 0 bridgehead atoms. The van der Waals surface area contributed by atoms with Gasteiger partial charge in [0.25, 0.3) is 5.69 Å². The van der Waals surface area contributed by atoms with Crippen molar-refractivity contribution in [2.45, 2.75) is 13.0 Å². The van der Waals surface area contributed by atoms with Crippen molar-refractivity contribution in [2.75, 3.05) is 31.1 Å². The Morgan fingerprint density at radius 2 is 1.68 bits per heavy atom. The van der Waals surface area contributed by atoms with Gasteiger partial charge >= 0.3 is 0 Å². The van der Waals surface area contributed by atoms with E-state index in [1.165, 1.54) is 17.5 Å². The maximum atomic E-state index is 12.6. The standard InChI is InChI=1S/C21H22N4O3/c26-21(10-12-23-11-9-17-3-1-2-4-20(17)23)24-15-13-22(14-16-24)18-5-7-19(8-6-18)25(27)28/h1-9,11H,10,12-16H2. The Morgan fingerprint density at radius 3 is 2.39 bits per heavy atom. The molecule has 28 heavy (non-hydrogen) atoms. The number of anilines is 1. The molecule has 1 amide bonds. The number of hydrogen-bond acceptors (Lipinski definition) is 4. The number of fused-ring (bicyclic) bond motifs is 1. The van der Waals surface area contributed by atoms with Gasteiger partial charge in [0.2, 0.25) is 5.91 Å². The van der Waals surface area contributed by atoms with Gasteiger partial charge < -0.3 is 14.4 Å². The van der Waals surface area contributed by atoms with Crippen molar-refractivity contribution in [3.63, 3.8) is 0 Å². The van der Waals surface area contributed by atoms with Crippen LogP contribution in [0.1, 0.15) is 6.42 Å². The van der Waals surface area contributed by atoms with Crippen LogP contribution < -0.4 is 4.90 Å². The molecular weight excluding hydrogens is 356 g/mol. The zero-order valence-corrected chi connectivity index (χ0v) is 15.5. The van der Waals surface area contributed by atoms with E-state index in [4.69, 9.17) is 0 Å². The van der Waals surface area contributed by atoms with Gasteiger partial charge in [0, 0.05) is 68.7 Å². The normalized spacial score (nSPS) is 14.4. The molecule has 0 spiro atoms. The average molecular weight is 378 g/mol. The highest BCUT2D eigenvalue weighted by Crippen LogP contribution is 2.21. The molecule has 7 heteroatoms.